The number of fused-ring (bicyclic) bond motifs is 1. The number of halogens is 1. The first kappa shape index (κ1) is 15.6. The summed E-state index contributed by atoms with van der Waals surface area (Å²) in [6.45, 7) is 6.14. The molecule has 2 atom stereocenters. The number of pyridine rings is 1. The van der Waals surface area contributed by atoms with E-state index < -0.39 is 0 Å². The van der Waals surface area contributed by atoms with Crippen LogP contribution in [0.15, 0.2) is 17.4 Å². The first-order chi connectivity index (χ1) is 10.5. The Hall–Kier alpha value is -1.27. The van der Waals surface area contributed by atoms with Crippen LogP contribution in [0.1, 0.15) is 20.3 Å². The maximum absolute atomic E-state index is 12.4. The van der Waals surface area contributed by atoms with Gasteiger partial charge in [0.1, 0.15) is 0 Å². The molecule has 1 aliphatic rings. The fourth-order valence-corrected chi connectivity index (χ4v) is 3.94. The van der Waals surface area contributed by atoms with E-state index in [0.717, 1.165) is 18.6 Å². The molecule has 0 aromatic carbocycles. The molecule has 1 aliphatic heterocycles. The molecule has 0 bridgehead atoms. The van der Waals surface area contributed by atoms with Crippen molar-refractivity contribution < 1.29 is 4.79 Å². The Bertz CT molecular complexity index is 679. The number of imidazole rings is 1. The van der Waals surface area contributed by atoms with Crippen LogP contribution in [0, 0.1) is 11.8 Å². The van der Waals surface area contributed by atoms with Gasteiger partial charge in [0, 0.05) is 19.3 Å². The van der Waals surface area contributed by atoms with E-state index in [-0.39, 0.29) is 5.91 Å². The molecule has 1 fully saturated rings. The maximum atomic E-state index is 12.4. The molecule has 5 nitrogen and oxygen atoms in total. The Labute approximate surface area is 138 Å². The van der Waals surface area contributed by atoms with Gasteiger partial charge < -0.3 is 9.88 Å². The fraction of sp³-hybridized carbons (Fsp3) is 0.533. The number of piperidine rings is 1. The third-order valence-corrected chi connectivity index (χ3v) is 4.90. The van der Waals surface area contributed by atoms with Gasteiger partial charge in [-0.3, -0.25) is 4.79 Å². The largest absolute Gasteiger partial charge is 0.341 e. The van der Waals surface area contributed by atoms with Crippen LogP contribution < -0.4 is 0 Å². The van der Waals surface area contributed by atoms with Crippen molar-refractivity contribution in [3.63, 3.8) is 0 Å². The van der Waals surface area contributed by atoms with Crippen molar-refractivity contribution in [1.82, 2.24) is 19.9 Å². The number of nitrogens with zero attached hydrogens (tertiary/aromatic N) is 3. The molecule has 0 spiro atoms. The number of aromatic nitrogens is 3. The van der Waals surface area contributed by atoms with Gasteiger partial charge in [-0.15, -0.1) is 0 Å². The van der Waals surface area contributed by atoms with E-state index in [9.17, 15) is 4.79 Å². The highest BCUT2D eigenvalue weighted by Crippen LogP contribution is 2.24. The number of H-pyrrole nitrogens is 1. The Morgan fingerprint density at radius 3 is 2.91 bits per heavy atom. The summed E-state index contributed by atoms with van der Waals surface area (Å²) in [6.07, 6.45) is 2.77. The lowest BCUT2D eigenvalue weighted by atomic mass is 9.92. The van der Waals surface area contributed by atoms with Crippen molar-refractivity contribution >= 4 is 40.4 Å². The van der Waals surface area contributed by atoms with Crippen molar-refractivity contribution in [2.45, 2.75) is 25.4 Å². The highest BCUT2D eigenvalue weighted by molar-refractivity contribution is 7.99. The van der Waals surface area contributed by atoms with Crippen LogP contribution in [0.5, 0.6) is 0 Å². The van der Waals surface area contributed by atoms with E-state index in [0.29, 0.717) is 33.4 Å². The first-order valence-corrected chi connectivity index (χ1v) is 8.79. The molecule has 0 aliphatic carbocycles. The van der Waals surface area contributed by atoms with Crippen LogP contribution in [0.4, 0.5) is 0 Å². The maximum Gasteiger partial charge on any atom is 0.233 e. The summed E-state index contributed by atoms with van der Waals surface area (Å²) < 4.78 is 0. The van der Waals surface area contributed by atoms with Gasteiger partial charge in [0.15, 0.2) is 10.8 Å². The summed E-state index contributed by atoms with van der Waals surface area (Å²) in [4.78, 5) is 26.0. The Morgan fingerprint density at radius 2 is 2.18 bits per heavy atom. The fourth-order valence-electron chi connectivity index (χ4n) is 3.01. The highest BCUT2D eigenvalue weighted by Gasteiger charge is 2.25. The third-order valence-electron chi connectivity index (χ3n) is 3.84. The van der Waals surface area contributed by atoms with Gasteiger partial charge in [-0.1, -0.05) is 37.2 Å². The Morgan fingerprint density at radius 1 is 1.45 bits per heavy atom. The summed E-state index contributed by atoms with van der Waals surface area (Å²) >= 11 is 7.32. The van der Waals surface area contributed by atoms with Crippen molar-refractivity contribution in [3.8, 4) is 0 Å². The molecule has 3 rings (SSSR count). The molecule has 0 radical (unpaired) electrons. The minimum atomic E-state index is 0.176. The summed E-state index contributed by atoms with van der Waals surface area (Å²) in [7, 11) is 0. The number of hydrogen-bond acceptors (Lipinski definition) is 4. The lowest BCUT2D eigenvalue weighted by molar-refractivity contribution is -0.130. The predicted octanol–water partition coefficient (Wildman–Crippen LogP) is 3.21. The molecule has 2 aromatic rings. The molecule has 0 unspecified atom stereocenters. The molecule has 1 amide bonds. The second-order valence-electron chi connectivity index (χ2n) is 6.10. The van der Waals surface area contributed by atoms with Gasteiger partial charge in [-0.05, 0) is 24.3 Å². The van der Waals surface area contributed by atoms with Crippen LogP contribution >= 0.6 is 23.4 Å². The van der Waals surface area contributed by atoms with Crippen molar-refractivity contribution in [1.29, 1.82) is 0 Å². The normalized spacial score (nSPS) is 22.2. The van der Waals surface area contributed by atoms with Gasteiger partial charge in [0.05, 0.1) is 16.3 Å². The monoisotopic (exact) mass is 338 g/mol. The van der Waals surface area contributed by atoms with Gasteiger partial charge in [-0.25, -0.2) is 9.97 Å². The van der Waals surface area contributed by atoms with E-state index in [1.807, 2.05) is 4.90 Å². The van der Waals surface area contributed by atoms with Gasteiger partial charge in [0.2, 0.25) is 5.91 Å². The summed E-state index contributed by atoms with van der Waals surface area (Å²) in [5, 5.41) is 1.27. The average Bonchev–Trinajstić information content (AvgIpc) is 2.85. The number of carbonyl (C=O) groups excluding carboxylic acids is 1. The second kappa shape index (κ2) is 6.46. The lowest BCUT2D eigenvalue weighted by Gasteiger charge is -2.34. The van der Waals surface area contributed by atoms with E-state index in [2.05, 4.69) is 28.8 Å². The highest BCUT2D eigenvalue weighted by atomic mass is 35.5. The number of nitrogens with one attached hydrogen (secondary N) is 1. The minimum absolute atomic E-state index is 0.176. The lowest BCUT2D eigenvalue weighted by Crippen LogP contribution is -2.43. The van der Waals surface area contributed by atoms with Crippen molar-refractivity contribution in [2.75, 3.05) is 18.8 Å². The number of thioether (sulfide) groups is 1. The summed E-state index contributed by atoms with van der Waals surface area (Å²) in [6, 6.07) is 1.79. The summed E-state index contributed by atoms with van der Waals surface area (Å²) in [5.74, 6) is 1.73. The molecular formula is C15H19ClN4OS. The van der Waals surface area contributed by atoms with E-state index in [1.54, 1.807) is 12.3 Å². The molecule has 22 heavy (non-hydrogen) atoms. The standard InChI is InChI=1S/C15H19ClN4OS/c1-9-3-10(2)7-20(6-9)13(21)8-22-15-18-12-4-11(16)5-17-14(12)19-15/h4-5,9-10H,3,6-8H2,1-2H3,(H,17,18,19)/t9-,10-/m1/s1. The molecule has 1 saturated heterocycles. The molecule has 3 heterocycles. The molecule has 0 saturated carbocycles. The van der Waals surface area contributed by atoms with E-state index >= 15 is 0 Å². The SMILES string of the molecule is C[C@@H]1C[C@@H](C)CN(C(=O)CSc2nc3ncc(Cl)cc3[nH]2)C1. The number of rotatable bonds is 3. The molecule has 2 aromatic heterocycles. The number of amides is 1. The van der Waals surface area contributed by atoms with Gasteiger partial charge in [-0.2, -0.15) is 0 Å². The van der Waals surface area contributed by atoms with Gasteiger partial charge >= 0.3 is 0 Å². The second-order valence-corrected chi connectivity index (χ2v) is 7.50. The first-order valence-electron chi connectivity index (χ1n) is 7.43. The van der Waals surface area contributed by atoms with Crippen LogP contribution in [0.2, 0.25) is 5.02 Å². The number of likely N-dealkylation sites (tertiary alicyclic amines) is 1. The Balaban J connectivity index is 1.62. The van der Waals surface area contributed by atoms with Gasteiger partial charge in [0.25, 0.3) is 0 Å². The zero-order chi connectivity index (χ0) is 15.7. The molecular weight excluding hydrogens is 320 g/mol. The van der Waals surface area contributed by atoms with Crippen LogP contribution in [0.25, 0.3) is 11.2 Å². The van der Waals surface area contributed by atoms with E-state index in [4.69, 9.17) is 11.6 Å². The van der Waals surface area contributed by atoms with Crippen molar-refractivity contribution in [3.05, 3.63) is 17.3 Å². The quantitative estimate of drug-likeness (QED) is 0.873. The number of carbonyl (C=O) groups is 1. The topological polar surface area (TPSA) is 61.9 Å². The zero-order valence-electron chi connectivity index (χ0n) is 12.7. The van der Waals surface area contributed by atoms with E-state index in [1.165, 1.54) is 18.2 Å². The zero-order valence-corrected chi connectivity index (χ0v) is 14.2. The van der Waals surface area contributed by atoms with Crippen LogP contribution in [0.3, 0.4) is 0 Å². The predicted molar refractivity (Wildman–Crippen MR) is 89.1 cm³/mol. The van der Waals surface area contributed by atoms with Crippen molar-refractivity contribution in [2.24, 2.45) is 11.8 Å². The van der Waals surface area contributed by atoms with Crippen LogP contribution in [-0.4, -0.2) is 44.6 Å². The van der Waals surface area contributed by atoms with Crippen LogP contribution in [-0.2, 0) is 4.79 Å². The number of hydrogen-bond donors (Lipinski definition) is 1. The molecule has 118 valence electrons. The third kappa shape index (κ3) is 3.55. The summed E-state index contributed by atoms with van der Waals surface area (Å²) in [5.41, 5.74) is 1.42. The molecule has 1 N–H and O–H groups in total. The molecule has 7 heteroatoms. The average molecular weight is 339 g/mol. The Kier molecular flexibility index (Phi) is 4.59. The smallest absolute Gasteiger partial charge is 0.233 e. The number of aromatic amines is 1. The minimum Gasteiger partial charge on any atom is -0.341 e.